The molecule has 3 aliphatic rings. The predicted octanol–water partition coefficient (Wildman–Crippen LogP) is 2.10. The van der Waals surface area contributed by atoms with E-state index in [9.17, 15) is 24.0 Å². The molecule has 11 heteroatoms. The number of carbonyl (C=O) groups excluding carboxylic acids is 5. The lowest BCUT2D eigenvalue weighted by Gasteiger charge is -2.50. The van der Waals surface area contributed by atoms with Gasteiger partial charge < -0.3 is 14.5 Å². The van der Waals surface area contributed by atoms with Gasteiger partial charge in [-0.15, -0.1) is 5.10 Å². The highest BCUT2D eigenvalue weighted by atomic mass is 16.5. The van der Waals surface area contributed by atoms with Crippen LogP contribution in [0.4, 0.5) is 0 Å². The molecule has 1 aromatic rings. The van der Waals surface area contributed by atoms with E-state index in [-0.39, 0.29) is 48.6 Å². The Morgan fingerprint density at radius 2 is 1.82 bits per heavy atom. The standard InChI is InChI=1S/C27H39N5O6/c1-17-24(28-29-32(17)14-21-9-6-5-7-10-21)25(36)31-12-8-11-27(31)16-30(26(27)37)15-22(35)13-23(18(2)33)19(3)38-20(4)34/h19,21,23H,5-16H2,1-4H3/t19-,23-,27?/m1/s1. The van der Waals surface area contributed by atoms with E-state index in [1.807, 2.05) is 11.6 Å². The molecule has 38 heavy (non-hydrogen) atoms. The monoisotopic (exact) mass is 529 g/mol. The fourth-order valence-corrected chi connectivity index (χ4v) is 6.33. The highest BCUT2D eigenvalue weighted by molar-refractivity contribution is 6.03. The van der Waals surface area contributed by atoms with Crippen LogP contribution in [0.2, 0.25) is 0 Å². The van der Waals surface area contributed by atoms with Crippen LogP contribution in [0.5, 0.6) is 0 Å². The molecule has 0 radical (unpaired) electrons. The molecule has 1 aromatic heterocycles. The molecule has 1 saturated carbocycles. The molecular weight excluding hydrogens is 490 g/mol. The molecule has 2 aliphatic heterocycles. The summed E-state index contributed by atoms with van der Waals surface area (Å²) in [6.07, 6.45) is 6.43. The lowest BCUT2D eigenvalue weighted by atomic mass is 9.84. The first-order chi connectivity index (χ1) is 18.0. The Balaban J connectivity index is 1.38. The van der Waals surface area contributed by atoms with Crippen molar-refractivity contribution in [3.63, 3.8) is 0 Å². The second-order valence-corrected chi connectivity index (χ2v) is 11.2. The number of ether oxygens (including phenoxy) is 1. The molecule has 0 aromatic carbocycles. The molecule has 1 spiro atoms. The smallest absolute Gasteiger partial charge is 0.302 e. The van der Waals surface area contributed by atoms with Crippen LogP contribution >= 0.6 is 0 Å². The van der Waals surface area contributed by atoms with Crippen molar-refractivity contribution in [3.05, 3.63) is 11.4 Å². The zero-order valence-electron chi connectivity index (χ0n) is 22.9. The number of aromatic nitrogens is 3. The minimum absolute atomic E-state index is 0.119. The van der Waals surface area contributed by atoms with Crippen molar-refractivity contribution in [3.8, 4) is 0 Å². The van der Waals surface area contributed by atoms with E-state index in [0.29, 0.717) is 25.3 Å². The van der Waals surface area contributed by atoms with Gasteiger partial charge in [0.25, 0.3) is 11.8 Å². The Morgan fingerprint density at radius 3 is 2.45 bits per heavy atom. The summed E-state index contributed by atoms with van der Waals surface area (Å²) in [7, 11) is 0. The second-order valence-electron chi connectivity index (χ2n) is 11.2. The third-order valence-electron chi connectivity index (χ3n) is 8.47. The number of hydrogen-bond acceptors (Lipinski definition) is 8. The molecule has 3 fully saturated rings. The minimum atomic E-state index is -0.956. The number of esters is 1. The van der Waals surface area contributed by atoms with Gasteiger partial charge in [0.1, 0.15) is 17.4 Å². The van der Waals surface area contributed by atoms with E-state index >= 15 is 0 Å². The van der Waals surface area contributed by atoms with Crippen LogP contribution in [0, 0.1) is 18.8 Å². The summed E-state index contributed by atoms with van der Waals surface area (Å²) in [6, 6.07) is 0. The zero-order valence-corrected chi connectivity index (χ0v) is 22.9. The predicted molar refractivity (Wildman–Crippen MR) is 136 cm³/mol. The average Bonchev–Trinajstić information content (AvgIpc) is 3.47. The molecule has 1 aliphatic carbocycles. The fraction of sp³-hybridized carbons (Fsp3) is 0.741. The first-order valence-corrected chi connectivity index (χ1v) is 13.7. The van der Waals surface area contributed by atoms with Gasteiger partial charge in [0.15, 0.2) is 11.5 Å². The van der Waals surface area contributed by atoms with Crippen molar-refractivity contribution < 1.29 is 28.7 Å². The van der Waals surface area contributed by atoms with Gasteiger partial charge in [-0.25, -0.2) is 4.68 Å². The van der Waals surface area contributed by atoms with Gasteiger partial charge in [-0.05, 0) is 52.4 Å². The molecule has 208 valence electrons. The molecular formula is C27H39N5O6. The van der Waals surface area contributed by atoms with E-state index in [1.54, 1.807) is 11.8 Å². The number of β-lactam (4-membered cyclic amide) rings is 1. The Kier molecular flexibility index (Phi) is 8.32. The van der Waals surface area contributed by atoms with Crippen LogP contribution in [0.3, 0.4) is 0 Å². The Hall–Kier alpha value is -3.11. The third kappa shape index (κ3) is 5.51. The summed E-state index contributed by atoms with van der Waals surface area (Å²) in [4.78, 5) is 66.0. The lowest BCUT2D eigenvalue weighted by molar-refractivity contribution is -0.161. The summed E-state index contributed by atoms with van der Waals surface area (Å²) in [5.41, 5.74) is 0.0499. The SMILES string of the molecule is CC(=O)O[C@H](C)[C@H](CC(=O)CN1CC2(CCCN2C(=O)c2nnn(CC3CCCCC3)c2C)C1=O)C(C)=O. The van der Waals surface area contributed by atoms with Gasteiger partial charge in [-0.2, -0.15) is 0 Å². The number of ketones is 2. The number of likely N-dealkylation sites (tertiary alicyclic amines) is 2. The first kappa shape index (κ1) is 27.9. The first-order valence-electron chi connectivity index (χ1n) is 13.7. The molecule has 0 N–H and O–H groups in total. The minimum Gasteiger partial charge on any atom is -0.462 e. The third-order valence-corrected chi connectivity index (χ3v) is 8.47. The number of rotatable bonds is 10. The fourth-order valence-electron chi connectivity index (χ4n) is 6.33. The van der Waals surface area contributed by atoms with Crippen LogP contribution in [-0.4, -0.2) is 85.4 Å². The largest absolute Gasteiger partial charge is 0.462 e. The van der Waals surface area contributed by atoms with Gasteiger partial charge in [0, 0.05) is 26.4 Å². The number of Topliss-reactive ketones (excluding diaryl/α,β-unsaturated/α-hetero) is 2. The number of nitrogens with zero attached hydrogens (tertiary/aromatic N) is 5. The summed E-state index contributed by atoms with van der Waals surface area (Å²) in [5, 5.41) is 8.46. The van der Waals surface area contributed by atoms with Crippen molar-refractivity contribution >= 4 is 29.4 Å². The van der Waals surface area contributed by atoms with Crippen molar-refractivity contribution in [2.24, 2.45) is 11.8 Å². The number of hydrogen-bond donors (Lipinski definition) is 0. The van der Waals surface area contributed by atoms with Gasteiger partial charge in [0.05, 0.1) is 24.7 Å². The molecule has 11 nitrogen and oxygen atoms in total. The Labute approximate surface area is 223 Å². The number of amides is 2. The van der Waals surface area contributed by atoms with Crippen molar-refractivity contribution in [1.82, 2.24) is 24.8 Å². The van der Waals surface area contributed by atoms with E-state index in [4.69, 9.17) is 4.74 Å². The van der Waals surface area contributed by atoms with Crippen LogP contribution in [0.1, 0.15) is 88.3 Å². The van der Waals surface area contributed by atoms with Crippen molar-refractivity contribution in [2.45, 2.75) is 97.2 Å². The van der Waals surface area contributed by atoms with Gasteiger partial charge in [0.2, 0.25) is 0 Å². The molecule has 2 amide bonds. The van der Waals surface area contributed by atoms with E-state index in [0.717, 1.165) is 25.1 Å². The second kappa shape index (κ2) is 11.3. The quantitative estimate of drug-likeness (QED) is 0.333. The summed E-state index contributed by atoms with van der Waals surface area (Å²) < 4.78 is 6.93. The van der Waals surface area contributed by atoms with Crippen LogP contribution < -0.4 is 0 Å². The van der Waals surface area contributed by atoms with E-state index < -0.39 is 23.5 Å². The number of carbonyl (C=O) groups is 5. The van der Waals surface area contributed by atoms with Crippen LogP contribution in [0.25, 0.3) is 0 Å². The zero-order chi connectivity index (χ0) is 27.6. The van der Waals surface area contributed by atoms with Gasteiger partial charge in [-0.1, -0.05) is 24.5 Å². The highest BCUT2D eigenvalue weighted by Crippen LogP contribution is 2.40. The topological polar surface area (TPSA) is 132 Å². The van der Waals surface area contributed by atoms with Gasteiger partial charge >= 0.3 is 5.97 Å². The van der Waals surface area contributed by atoms with Crippen molar-refractivity contribution in [2.75, 3.05) is 19.6 Å². The molecule has 3 atom stereocenters. The molecule has 3 heterocycles. The Morgan fingerprint density at radius 1 is 1.11 bits per heavy atom. The summed E-state index contributed by atoms with van der Waals surface area (Å²) in [5.74, 6) is -1.82. The summed E-state index contributed by atoms with van der Waals surface area (Å²) >= 11 is 0. The molecule has 2 saturated heterocycles. The highest BCUT2D eigenvalue weighted by Gasteiger charge is 2.60. The van der Waals surface area contributed by atoms with Crippen LogP contribution in [0.15, 0.2) is 0 Å². The Bertz CT molecular complexity index is 1110. The maximum atomic E-state index is 13.5. The summed E-state index contributed by atoms with van der Waals surface area (Å²) in [6.45, 7) is 7.38. The van der Waals surface area contributed by atoms with Crippen molar-refractivity contribution in [1.29, 1.82) is 0 Å². The van der Waals surface area contributed by atoms with E-state index in [2.05, 4.69) is 10.3 Å². The maximum absolute atomic E-state index is 13.5. The lowest BCUT2D eigenvalue weighted by Crippen LogP contribution is -2.73. The van der Waals surface area contributed by atoms with Crippen LogP contribution in [-0.2, 0) is 30.5 Å². The average molecular weight is 530 g/mol. The van der Waals surface area contributed by atoms with Gasteiger partial charge in [-0.3, -0.25) is 24.0 Å². The maximum Gasteiger partial charge on any atom is 0.302 e. The molecule has 1 unspecified atom stereocenters. The molecule has 0 bridgehead atoms. The van der Waals surface area contributed by atoms with E-state index in [1.165, 1.54) is 38.0 Å². The molecule has 4 rings (SSSR count). The normalized spacial score (nSPS) is 23.3.